The topological polar surface area (TPSA) is 94.0 Å². The molecule has 8 nitrogen and oxygen atoms in total. The minimum absolute atomic E-state index is 0.116. The third-order valence-corrected chi connectivity index (χ3v) is 4.63. The minimum Gasteiger partial charge on any atom is -0.384 e. The quantitative estimate of drug-likeness (QED) is 0.789. The Labute approximate surface area is 130 Å². The standard InChI is InChI=1S/C14H24N6O2/c1-10(12-17-18-19-20(12)11-4-5-11)16-13(21)15-8-14(9-22-2)6-3-7-14/h10-11H,3-9H2,1-2H3,(H2,15,16,21)/t10-/m1/s1. The lowest BCUT2D eigenvalue weighted by atomic mass is 9.69. The van der Waals surface area contributed by atoms with Crippen LogP contribution in [0.3, 0.4) is 0 Å². The van der Waals surface area contributed by atoms with E-state index in [4.69, 9.17) is 4.74 Å². The van der Waals surface area contributed by atoms with Crippen LogP contribution in [-0.2, 0) is 4.74 Å². The Hall–Kier alpha value is -1.70. The van der Waals surface area contributed by atoms with E-state index in [-0.39, 0.29) is 17.5 Å². The molecule has 0 bridgehead atoms. The lowest BCUT2D eigenvalue weighted by Crippen LogP contribution is -2.48. The Morgan fingerprint density at radius 1 is 1.50 bits per heavy atom. The Morgan fingerprint density at radius 2 is 2.27 bits per heavy atom. The van der Waals surface area contributed by atoms with Crippen LogP contribution in [0.25, 0.3) is 0 Å². The van der Waals surface area contributed by atoms with E-state index in [1.165, 1.54) is 6.42 Å². The van der Waals surface area contributed by atoms with Gasteiger partial charge in [-0.05, 0) is 43.0 Å². The fourth-order valence-electron chi connectivity index (χ4n) is 3.00. The minimum atomic E-state index is -0.213. The van der Waals surface area contributed by atoms with Crippen molar-refractivity contribution in [1.29, 1.82) is 0 Å². The van der Waals surface area contributed by atoms with Crippen molar-refractivity contribution in [3.63, 3.8) is 0 Å². The van der Waals surface area contributed by atoms with Crippen LogP contribution in [-0.4, -0.2) is 46.5 Å². The normalized spacial score (nSPS) is 21.0. The molecule has 2 saturated carbocycles. The number of hydrogen-bond acceptors (Lipinski definition) is 5. The maximum atomic E-state index is 12.1. The second-order valence-electron chi connectivity index (χ2n) is 6.55. The van der Waals surface area contributed by atoms with E-state index >= 15 is 0 Å². The Morgan fingerprint density at radius 3 is 2.86 bits per heavy atom. The van der Waals surface area contributed by atoms with Gasteiger partial charge in [0.05, 0.1) is 18.7 Å². The first-order valence-corrected chi connectivity index (χ1v) is 7.95. The lowest BCUT2D eigenvalue weighted by molar-refractivity contribution is 0.0199. The first-order valence-electron chi connectivity index (χ1n) is 7.95. The highest BCUT2D eigenvalue weighted by Gasteiger charge is 2.37. The van der Waals surface area contributed by atoms with E-state index in [1.54, 1.807) is 7.11 Å². The van der Waals surface area contributed by atoms with E-state index in [0.29, 0.717) is 25.0 Å². The zero-order valence-corrected chi connectivity index (χ0v) is 13.2. The number of tetrazole rings is 1. The average Bonchev–Trinajstić information content (AvgIpc) is 3.18. The van der Waals surface area contributed by atoms with E-state index in [1.807, 2.05) is 11.6 Å². The summed E-state index contributed by atoms with van der Waals surface area (Å²) < 4.78 is 7.09. The van der Waals surface area contributed by atoms with Crippen molar-refractivity contribution in [2.45, 2.75) is 51.1 Å². The third-order valence-electron chi connectivity index (χ3n) is 4.63. The maximum absolute atomic E-state index is 12.1. The predicted molar refractivity (Wildman–Crippen MR) is 79.2 cm³/mol. The number of amides is 2. The van der Waals surface area contributed by atoms with Crippen LogP contribution >= 0.6 is 0 Å². The molecule has 1 heterocycles. The van der Waals surface area contributed by atoms with Crippen LogP contribution in [0.5, 0.6) is 0 Å². The summed E-state index contributed by atoms with van der Waals surface area (Å²) in [6.45, 7) is 3.24. The number of aromatic nitrogens is 4. The molecule has 0 spiro atoms. The molecule has 0 radical (unpaired) electrons. The largest absolute Gasteiger partial charge is 0.384 e. The van der Waals surface area contributed by atoms with E-state index in [2.05, 4.69) is 26.2 Å². The SMILES string of the molecule is COCC1(CNC(=O)N[C@H](C)c2nnnn2C2CC2)CCC1. The summed E-state index contributed by atoms with van der Waals surface area (Å²) in [7, 11) is 1.71. The average molecular weight is 308 g/mol. The molecular formula is C14H24N6O2. The summed E-state index contributed by atoms with van der Waals surface area (Å²) in [4.78, 5) is 12.1. The van der Waals surface area contributed by atoms with Crippen molar-refractivity contribution in [2.24, 2.45) is 5.41 Å². The van der Waals surface area contributed by atoms with Gasteiger partial charge in [0.1, 0.15) is 0 Å². The van der Waals surface area contributed by atoms with Gasteiger partial charge >= 0.3 is 6.03 Å². The summed E-state index contributed by atoms with van der Waals surface area (Å²) in [5.74, 6) is 0.716. The first kappa shape index (κ1) is 15.2. The van der Waals surface area contributed by atoms with Gasteiger partial charge in [0.25, 0.3) is 0 Å². The van der Waals surface area contributed by atoms with Gasteiger partial charge in [-0.15, -0.1) is 5.10 Å². The van der Waals surface area contributed by atoms with Gasteiger partial charge in [-0.25, -0.2) is 9.48 Å². The molecule has 0 aliphatic heterocycles. The Balaban J connectivity index is 1.49. The number of urea groups is 1. The fourth-order valence-corrected chi connectivity index (χ4v) is 3.00. The Kier molecular flexibility index (Phi) is 4.28. The van der Waals surface area contributed by atoms with Crippen molar-refractivity contribution in [3.8, 4) is 0 Å². The summed E-state index contributed by atoms with van der Waals surface area (Å²) in [5, 5.41) is 17.6. The molecular weight excluding hydrogens is 284 g/mol. The van der Waals surface area contributed by atoms with Crippen LogP contribution in [0.2, 0.25) is 0 Å². The monoisotopic (exact) mass is 308 g/mol. The van der Waals surface area contributed by atoms with Gasteiger partial charge in [-0.3, -0.25) is 0 Å². The molecule has 1 atom stereocenters. The van der Waals surface area contributed by atoms with E-state index in [0.717, 1.165) is 25.7 Å². The molecule has 1 aromatic rings. The molecule has 2 N–H and O–H groups in total. The smallest absolute Gasteiger partial charge is 0.315 e. The molecule has 0 aromatic carbocycles. The number of methoxy groups -OCH3 is 1. The molecule has 0 saturated heterocycles. The second kappa shape index (κ2) is 6.20. The predicted octanol–water partition coefficient (Wildman–Crippen LogP) is 1.18. The first-order chi connectivity index (χ1) is 10.6. The van der Waals surface area contributed by atoms with Crippen LogP contribution in [0, 0.1) is 5.41 Å². The molecule has 122 valence electrons. The zero-order chi connectivity index (χ0) is 15.6. The van der Waals surface area contributed by atoms with Gasteiger partial charge in [0, 0.05) is 19.1 Å². The van der Waals surface area contributed by atoms with Crippen molar-refractivity contribution >= 4 is 6.03 Å². The van der Waals surface area contributed by atoms with Gasteiger partial charge in [0.15, 0.2) is 5.82 Å². The lowest BCUT2D eigenvalue weighted by Gasteiger charge is -2.41. The molecule has 2 aliphatic rings. The molecule has 1 aromatic heterocycles. The summed E-state index contributed by atoms with van der Waals surface area (Å²) >= 11 is 0. The van der Waals surface area contributed by atoms with Crippen molar-refractivity contribution in [2.75, 3.05) is 20.3 Å². The molecule has 3 rings (SSSR count). The molecule has 8 heteroatoms. The molecule has 0 unspecified atom stereocenters. The van der Waals surface area contributed by atoms with Crippen molar-refractivity contribution in [3.05, 3.63) is 5.82 Å². The number of carbonyl (C=O) groups excluding carboxylic acids is 1. The molecule has 2 aliphatic carbocycles. The summed E-state index contributed by atoms with van der Waals surface area (Å²) in [6.07, 6.45) is 5.64. The second-order valence-corrected chi connectivity index (χ2v) is 6.55. The highest BCUT2D eigenvalue weighted by molar-refractivity contribution is 5.74. The van der Waals surface area contributed by atoms with Gasteiger partial charge < -0.3 is 15.4 Å². The highest BCUT2D eigenvalue weighted by Crippen LogP contribution is 2.40. The number of nitrogens with zero attached hydrogens (tertiary/aromatic N) is 4. The number of rotatable bonds is 7. The maximum Gasteiger partial charge on any atom is 0.315 e. The van der Waals surface area contributed by atoms with Crippen LogP contribution < -0.4 is 10.6 Å². The van der Waals surface area contributed by atoms with Gasteiger partial charge in [-0.1, -0.05) is 6.42 Å². The third kappa shape index (κ3) is 3.21. The van der Waals surface area contributed by atoms with Crippen molar-refractivity contribution < 1.29 is 9.53 Å². The number of ether oxygens (including phenoxy) is 1. The van der Waals surface area contributed by atoms with Crippen LogP contribution in [0.15, 0.2) is 0 Å². The van der Waals surface area contributed by atoms with E-state index in [9.17, 15) is 4.79 Å². The molecule has 2 fully saturated rings. The van der Waals surface area contributed by atoms with E-state index < -0.39 is 0 Å². The molecule has 2 amide bonds. The van der Waals surface area contributed by atoms with Crippen molar-refractivity contribution in [1.82, 2.24) is 30.8 Å². The van der Waals surface area contributed by atoms with Crippen LogP contribution in [0.1, 0.15) is 56.9 Å². The van der Waals surface area contributed by atoms with Gasteiger partial charge in [-0.2, -0.15) is 0 Å². The summed E-state index contributed by atoms with van der Waals surface area (Å²) in [5.41, 5.74) is 0.116. The van der Waals surface area contributed by atoms with Crippen LogP contribution in [0.4, 0.5) is 4.79 Å². The summed E-state index contributed by atoms with van der Waals surface area (Å²) in [6, 6.07) is 0.00727. The molecule has 22 heavy (non-hydrogen) atoms. The number of carbonyl (C=O) groups is 1. The Bertz CT molecular complexity index is 523. The number of nitrogens with one attached hydrogen (secondary N) is 2. The number of hydrogen-bond donors (Lipinski definition) is 2. The fraction of sp³-hybridized carbons (Fsp3) is 0.857. The highest BCUT2D eigenvalue weighted by atomic mass is 16.5. The van der Waals surface area contributed by atoms with Gasteiger partial charge in [0.2, 0.25) is 0 Å². The zero-order valence-electron chi connectivity index (χ0n) is 13.2.